The number of ether oxygens (including phenoxy) is 1. The van der Waals surface area contributed by atoms with Crippen molar-refractivity contribution in [3.05, 3.63) is 0 Å². The van der Waals surface area contributed by atoms with Crippen LogP contribution in [0.1, 0.15) is 54.4 Å². The number of hydrogen-bond acceptors (Lipinski definition) is 3. The highest BCUT2D eigenvalue weighted by molar-refractivity contribution is 5.69. The first-order chi connectivity index (χ1) is 8.02. The number of carbonyl (C=O) groups is 1. The minimum atomic E-state index is -0.457. The zero-order chi connectivity index (χ0) is 14.1. The summed E-state index contributed by atoms with van der Waals surface area (Å²) in [4.78, 5) is 14.1. The highest BCUT2D eigenvalue weighted by atomic mass is 16.6. The molecule has 0 saturated carbocycles. The van der Waals surface area contributed by atoms with Gasteiger partial charge >= 0.3 is 6.09 Å². The molecule has 1 heterocycles. The van der Waals surface area contributed by atoms with Gasteiger partial charge in [0.2, 0.25) is 0 Å². The number of rotatable bonds is 1. The summed E-state index contributed by atoms with van der Waals surface area (Å²) in [6.07, 6.45) is 1.81. The van der Waals surface area contributed by atoms with Gasteiger partial charge in [0.25, 0.3) is 0 Å². The molecule has 18 heavy (non-hydrogen) atoms. The van der Waals surface area contributed by atoms with E-state index >= 15 is 0 Å². The monoisotopic (exact) mass is 256 g/mol. The van der Waals surface area contributed by atoms with Crippen molar-refractivity contribution in [3.63, 3.8) is 0 Å². The largest absolute Gasteiger partial charge is 0.444 e. The zero-order valence-electron chi connectivity index (χ0n) is 12.6. The Morgan fingerprint density at radius 3 is 2.44 bits per heavy atom. The molecule has 0 spiro atoms. The number of nitrogens with zero attached hydrogens (tertiary/aromatic N) is 1. The molecule has 0 aromatic rings. The third-order valence-electron chi connectivity index (χ3n) is 3.35. The molecule has 0 radical (unpaired) electrons. The SMILES string of the molecule is CC(N)C1CCC(C)(C)CN1C(=O)OC(C)(C)C. The summed E-state index contributed by atoms with van der Waals surface area (Å²) in [5, 5.41) is 0. The van der Waals surface area contributed by atoms with E-state index < -0.39 is 5.60 Å². The van der Waals surface area contributed by atoms with E-state index in [1.54, 1.807) is 0 Å². The lowest BCUT2D eigenvalue weighted by Crippen LogP contribution is -2.56. The van der Waals surface area contributed by atoms with Crippen LogP contribution in [0.3, 0.4) is 0 Å². The van der Waals surface area contributed by atoms with Crippen LogP contribution in [-0.4, -0.2) is 35.2 Å². The predicted molar refractivity (Wildman–Crippen MR) is 73.4 cm³/mol. The van der Waals surface area contributed by atoms with E-state index in [4.69, 9.17) is 10.5 Å². The second-order valence-corrected chi connectivity index (χ2v) is 7.24. The Morgan fingerprint density at radius 2 is 2.00 bits per heavy atom. The van der Waals surface area contributed by atoms with E-state index in [1.807, 2.05) is 32.6 Å². The van der Waals surface area contributed by atoms with Gasteiger partial charge in [-0.05, 0) is 46.0 Å². The summed E-state index contributed by atoms with van der Waals surface area (Å²) in [6, 6.07) is 0.0708. The van der Waals surface area contributed by atoms with Gasteiger partial charge in [-0.2, -0.15) is 0 Å². The molecule has 1 aliphatic rings. The van der Waals surface area contributed by atoms with Crippen LogP contribution in [0, 0.1) is 5.41 Å². The second kappa shape index (κ2) is 5.08. The van der Waals surface area contributed by atoms with Crippen LogP contribution >= 0.6 is 0 Å². The Bertz CT molecular complexity index is 305. The molecule has 0 bridgehead atoms. The fourth-order valence-corrected chi connectivity index (χ4v) is 2.42. The van der Waals surface area contributed by atoms with Gasteiger partial charge in [0.05, 0.1) is 0 Å². The lowest BCUT2D eigenvalue weighted by atomic mass is 9.80. The summed E-state index contributed by atoms with van der Waals surface area (Å²) in [6.45, 7) is 12.7. The van der Waals surface area contributed by atoms with Gasteiger partial charge in [-0.1, -0.05) is 13.8 Å². The summed E-state index contributed by atoms with van der Waals surface area (Å²) in [5.41, 5.74) is 5.68. The van der Waals surface area contributed by atoms with Gasteiger partial charge in [0.15, 0.2) is 0 Å². The number of amides is 1. The Hall–Kier alpha value is -0.770. The van der Waals surface area contributed by atoms with Crippen molar-refractivity contribution in [2.45, 2.75) is 72.1 Å². The van der Waals surface area contributed by atoms with E-state index in [-0.39, 0.29) is 23.6 Å². The van der Waals surface area contributed by atoms with Crippen LogP contribution < -0.4 is 5.73 Å². The van der Waals surface area contributed by atoms with Crippen LogP contribution in [0.25, 0.3) is 0 Å². The molecule has 1 rings (SSSR count). The van der Waals surface area contributed by atoms with E-state index in [0.717, 1.165) is 12.8 Å². The highest BCUT2D eigenvalue weighted by Crippen LogP contribution is 2.33. The van der Waals surface area contributed by atoms with Crippen LogP contribution in [-0.2, 0) is 4.74 Å². The maximum atomic E-state index is 12.3. The normalized spacial score (nSPS) is 25.7. The van der Waals surface area contributed by atoms with Gasteiger partial charge in [-0.25, -0.2) is 4.79 Å². The molecule has 2 atom stereocenters. The highest BCUT2D eigenvalue weighted by Gasteiger charge is 2.39. The minimum Gasteiger partial charge on any atom is -0.444 e. The van der Waals surface area contributed by atoms with Crippen molar-refractivity contribution in [1.29, 1.82) is 0 Å². The average Bonchev–Trinajstić information content (AvgIpc) is 2.12. The van der Waals surface area contributed by atoms with E-state index in [9.17, 15) is 4.79 Å². The fraction of sp³-hybridized carbons (Fsp3) is 0.929. The third-order valence-corrected chi connectivity index (χ3v) is 3.35. The van der Waals surface area contributed by atoms with Crippen molar-refractivity contribution in [3.8, 4) is 0 Å². The molecular weight excluding hydrogens is 228 g/mol. The van der Waals surface area contributed by atoms with Crippen molar-refractivity contribution in [1.82, 2.24) is 4.90 Å². The molecule has 0 aromatic carbocycles. The van der Waals surface area contributed by atoms with Crippen LogP contribution in [0.4, 0.5) is 4.79 Å². The standard InChI is InChI=1S/C14H28N2O2/c1-10(15)11-7-8-14(5,6)9-16(11)12(17)18-13(2,3)4/h10-11H,7-9,15H2,1-6H3. The van der Waals surface area contributed by atoms with E-state index in [2.05, 4.69) is 13.8 Å². The molecular formula is C14H28N2O2. The number of hydrogen-bond donors (Lipinski definition) is 1. The van der Waals surface area contributed by atoms with Crippen LogP contribution in [0.5, 0.6) is 0 Å². The average molecular weight is 256 g/mol. The molecule has 0 aromatic heterocycles. The minimum absolute atomic E-state index is 0.0198. The van der Waals surface area contributed by atoms with E-state index in [1.165, 1.54) is 0 Å². The molecule has 1 amide bonds. The number of nitrogens with two attached hydrogens (primary N) is 1. The topological polar surface area (TPSA) is 55.6 Å². The summed E-state index contributed by atoms with van der Waals surface area (Å²) in [5.74, 6) is 0. The lowest BCUT2D eigenvalue weighted by Gasteiger charge is -2.45. The molecule has 1 aliphatic heterocycles. The summed E-state index contributed by atoms with van der Waals surface area (Å²) < 4.78 is 5.48. The zero-order valence-corrected chi connectivity index (χ0v) is 12.6. The van der Waals surface area contributed by atoms with Gasteiger partial charge in [0.1, 0.15) is 5.60 Å². The molecule has 0 aliphatic carbocycles. The molecule has 1 saturated heterocycles. The number of piperidine rings is 1. The first-order valence-corrected chi connectivity index (χ1v) is 6.77. The second-order valence-electron chi connectivity index (χ2n) is 7.24. The predicted octanol–water partition coefficient (Wildman–Crippen LogP) is 2.76. The Kier molecular flexibility index (Phi) is 4.31. The van der Waals surface area contributed by atoms with Crippen molar-refractivity contribution < 1.29 is 9.53 Å². The molecule has 106 valence electrons. The van der Waals surface area contributed by atoms with Crippen molar-refractivity contribution >= 4 is 6.09 Å². The lowest BCUT2D eigenvalue weighted by molar-refractivity contribution is -0.0107. The Balaban J connectivity index is 2.82. The van der Waals surface area contributed by atoms with Crippen molar-refractivity contribution in [2.75, 3.05) is 6.54 Å². The van der Waals surface area contributed by atoms with Crippen molar-refractivity contribution in [2.24, 2.45) is 11.1 Å². The molecule has 2 unspecified atom stereocenters. The first kappa shape index (κ1) is 15.3. The van der Waals surface area contributed by atoms with Gasteiger partial charge in [-0.15, -0.1) is 0 Å². The van der Waals surface area contributed by atoms with Gasteiger partial charge in [0, 0.05) is 18.6 Å². The first-order valence-electron chi connectivity index (χ1n) is 6.77. The fourth-order valence-electron chi connectivity index (χ4n) is 2.42. The third kappa shape index (κ3) is 4.16. The Labute approximate surface area is 111 Å². The molecule has 4 heteroatoms. The van der Waals surface area contributed by atoms with Gasteiger partial charge < -0.3 is 15.4 Å². The molecule has 2 N–H and O–H groups in total. The Morgan fingerprint density at radius 1 is 1.44 bits per heavy atom. The molecule has 4 nitrogen and oxygen atoms in total. The summed E-state index contributed by atoms with van der Waals surface area (Å²) in [7, 11) is 0. The number of likely N-dealkylation sites (tertiary alicyclic amines) is 1. The van der Waals surface area contributed by atoms with E-state index in [0.29, 0.717) is 6.54 Å². The summed E-state index contributed by atoms with van der Waals surface area (Å²) >= 11 is 0. The quantitative estimate of drug-likeness (QED) is 0.785. The number of carbonyl (C=O) groups excluding carboxylic acids is 1. The van der Waals surface area contributed by atoms with Crippen LogP contribution in [0.2, 0.25) is 0 Å². The maximum Gasteiger partial charge on any atom is 0.410 e. The molecule has 1 fully saturated rings. The van der Waals surface area contributed by atoms with Crippen LogP contribution in [0.15, 0.2) is 0 Å². The maximum absolute atomic E-state index is 12.3. The van der Waals surface area contributed by atoms with Gasteiger partial charge in [-0.3, -0.25) is 0 Å². The smallest absolute Gasteiger partial charge is 0.410 e.